The van der Waals surface area contributed by atoms with Gasteiger partial charge in [-0.05, 0) is 63.1 Å². The first kappa shape index (κ1) is 23.3. The van der Waals surface area contributed by atoms with Crippen molar-refractivity contribution in [2.24, 2.45) is 0 Å². The second-order valence-corrected chi connectivity index (χ2v) is 8.51. The van der Waals surface area contributed by atoms with Crippen LogP contribution in [0.1, 0.15) is 54.2 Å². The number of hydrogen-bond acceptors (Lipinski definition) is 4. The molecule has 0 aliphatic heterocycles. The van der Waals surface area contributed by atoms with Crippen molar-refractivity contribution < 1.29 is 27.9 Å². The molecule has 1 aromatic heterocycles. The fourth-order valence-corrected chi connectivity index (χ4v) is 3.53. The van der Waals surface area contributed by atoms with Crippen LogP contribution in [0.3, 0.4) is 0 Å². The van der Waals surface area contributed by atoms with Crippen LogP contribution in [0.25, 0.3) is 11.3 Å². The van der Waals surface area contributed by atoms with Gasteiger partial charge in [0.05, 0.1) is 17.0 Å². The molecule has 3 N–H and O–H groups in total. The Balaban J connectivity index is 1.56. The van der Waals surface area contributed by atoms with E-state index in [4.69, 9.17) is 0 Å². The largest absolute Gasteiger partial charge is 0.507 e. The number of carbonyl (C=O) groups excluding carboxylic acids is 2. The molecule has 1 aliphatic carbocycles. The minimum absolute atomic E-state index is 0.0691. The van der Waals surface area contributed by atoms with E-state index >= 15 is 0 Å². The molecule has 2 aromatic carbocycles. The lowest BCUT2D eigenvalue weighted by molar-refractivity contribution is -0.137. The quantitative estimate of drug-likeness (QED) is 0.465. The van der Waals surface area contributed by atoms with Crippen molar-refractivity contribution in [1.82, 2.24) is 15.1 Å². The number of alkyl halides is 3. The van der Waals surface area contributed by atoms with E-state index < -0.39 is 17.6 Å². The molecule has 0 atom stereocenters. The Labute approximate surface area is 193 Å². The maximum absolute atomic E-state index is 12.9. The summed E-state index contributed by atoms with van der Waals surface area (Å²) in [6.07, 6.45) is -2.66. The summed E-state index contributed by atoms with van der Waals surface area (Å²) < 4.78 is 40.1. The third-order valence-electron chi connectivity index (χ3n) is 5.32. The van der Waals surface area contributed by atoms with E-state index in [-0.39, 0.29) is 35.0 Å². The smallest absolute Gasteiger partial charge is 0.416 e. The Morgan fingerprint density at radius 3 is 2.47 bits per heavy atom. The van der Waals surface area contributed by atoms with E-state index in [1.165, 1.54) is 28.9 Å². The van der Waals surface area contributed by atoms with E-state index in [0.717, 1.165) is 36.7 Å². The lowest BCUT2D eigenvalue weighted by Crippen LogP contribution is -2.35. The lowest BCUT2D eigenvalue weighted by atomic mass is 10.1. The second-order valence-electron chi connectivity index (χ2n) is 8.51. The number of anilines is 1. The van der Waals surface area contributed by atoms with Crippen LogP contribution < -0.4 is 10.6 Å². The number of aromatic nitrogens is 2. The van der Waals surface area contributed by atoms with Crippen LogP contribution in [0.2, 0.25) is 0 Å². The zero-order chi connectivity index (χ0) is 24.6. The van der Waals surface area contributed by atoms with E-state index in [1.807, 2.05) is 13.8 Å². The molecule has 2 amide bonds. The van der Waals surface area contributed by atoms with Gasteiger partial charge in [0.25, 0.3) is 5.91 Å². The third kappa shape index (κ3) is 5.05. The monoisotopic (exact) mass is 472 g/mol. The molecule has 0 spiro atoms. The molecule has 0 radical (unpaired) electrons. The van der Waals surface area contributed by atoms with Gasteiger partial charge in [0, 0.05) is 34.8 Å². The van der Waals surface area contributed by atoms with Crippen LogP contribution in [0, 0.1) is 0 Å². The third-order valence-corrected chi connectivity index (χ3v) is 5.32. The minimum atomic E-state index is -4.56. The highest BCUT2D eigenvalue weighted by molar-refractivity contribution is 6.04. The van der Waals surface area contributed by atoms with Crippen molar-refractivity contribution in [2.45, 2.75) is 44.8 Å². The zero-order valence-electron chi connectivity index (χ0n) is 18.5. The number of halogens is 3. The Morgan fingerprint density at radius 1 is 1.12 bits per heavy atom. The molecular weight excluding hydrogens is 449 g/mol. The number of rotatable bonds is 5. The molecule has 0 unspecified atom stereocenters. The zero-order valence-corrected chi connectivity index (χ0v) is 18.5. The number of nitrogens with zero attached hydrogens (tertiary/aromatic N) is 2. The molecule has 10 heteroatoms. The fourth-order valence-electron chi connectivity index (χ4n) is 3.53. The summed E-state index contributed by atoms with van der Waals surface area (Å²) in [4.78, 5) is 25.0. The molecule has 1 aliphatic rings. The molecule has 7 nitrogen and oxygen atoms in total. The molecule has 1 heterocycles. The number of hydrogen-bond donors (Lipinski definition) is 3. The molecule has 1 saturated carbocycles. The summed E-state index contributed by atoms with van der Waals surface area (Å²) in [6, 6.07) is 9.72. The molecular formula is C24H23F3N4O3. The van der Waals surface area contributed by atoms with E-state index in [9.17, 15) is 27.9 Å². The van der Waals surface area contributed by atoms with Gasteiger partial charge >= 0.3 is 12.2 Å². The van der Waals surface area contributed by atoms with Crippen LogP contribution in [0.4, 0.5) is 23.7 Å². The molecule has 0 bridgehead atoms. The van der Waals surface area contributed by atoms with Gasteiger partial charge in [-0.1, -0.05) is 6.07 Å². The van der Waals surface area contributed by atoms with Crippen molar-refractivity contribution in [3.05, 3.63) is 65.4 Å². The average molecular weight is 472 g/mol. The maximum atomic E-state index is 12.9. The summed E-state index contributed by atoms with van der Waals surface area (Å²) >= 11 is 0. The highest BCUT2D eigenvalue weighted by atomic mass is 19.4. The fraction of sp³-hybridized carbons (Fsp3) is 0.292. The maximum Gasteiger partial charge on any atom is 0.416 e. The van der Waals surface area contributed by atoms with Crippen LogP contribution in [-0.4, -0.2) is 32.9 Å². The standard InChI is InChI=1S/C24H23F3N4O3/c1-13(2)28-23(34)31-20(14-6-7-14)12-19(30-31)18-9-8-17(11-21(18)32)29-22(33)15-4-3-5-16(10-15)24(25,26)27/h3-5,8-14,32H,6-7H2,1-2H3,(H,28,34)(H,29,33). The summed E-state index contributed by atoms with van der Waals surface area (Å²) in [5, 5.41) is 20.2. The molecule has 0 saturated heterocycles. The highest BCUT2D eigenvalue weighted by Gasteiger charge is 2.32. The van der Waals surface area contributed by atoms with Gasteiger partial charge in [0.1, 0.15) is 5.75 Å². The number of phenols is 1. The van der Waals surface area contributed by atoms with Crippen LogP contribution >= 0.6 is 0 Å². The normalized spacial score (nSPS) is 13.7. The van der Waals surface area contributed by atoms with E-state index in [2.05, 4.69) is 15.7 Å². The molecule has 4 rings (SSSR count). The van der Waals surface area contributed by atoms with Crippen molar-refractivity contribution in [1.29, 1.82) is 0 Å². The number of benzene rings is 2. The number of nitrogens with one attached hydrogen (secondary N) is 2. The topological polar surface area (TPSA) is 96.3 Å². The van der Waals surface area contributed by atoms with Gasteiger partial charge < -0.3 is 15.7 Å². The van der Waals surface area contributed by atoms with E-state index in [0.29, 0.717) is 11.3 Å². The van der Waals surface area contributed by atoms with Gasteiger partial charge in [-0.25, -0.2) is 4.79 Å². The lowest BCUT2D eigenvalue weighted by Gasteiger charge is -2.10. The van der Waals surface area contributed by atoms with Crippen LogP contribution in [-0.2, 0) is 6.18 Å². The SMILES string of the molecule is CC(C)NC(=O)n1nc(-c2ccc(NC(=O)c3cccc(C(F)(F)F)c3)cc2O)cc1C1CC1. The summed E-state index contributed by atoms with van der Waals surface area (Å²) in [7, 11) is 0. The Morgan fingerprint density at radius 2 is 1.85 bits per heavy atom. The first-order valence-corrected chi connectivity index (χ1v) is 10.8. The second kappa shape index (κ2) is 8.85. The summed E-state index contributed by atoms with van der Waals surface area (Å²) in [5.74, 6) is -0.714. The number of phenolic OH excluding ortho intramolecular Hbond substituents is 1. The highest BCUT2D eigenvalue weighted by Crippen LogP contribution is 2.42. The van der Waals surface area contributed by atoms with Gasteiger partial charge in [-0.3, -0.25) is 4.79 Å². The van der Waals surface area contributed by atoms with Crippen molar-refractivity contribution >= 4 is 17.6 Å². The average Bonchev–Trinajstić information content (AvgIpc) is 3.51. The van der Waals surface area contributed by atoms with Gasteiger partial charge in [0.2, 0.25) is 0 Å². The molecule has 34 heavy (non-hydrogen) atoms. The minimum Gasteiger partial charge on any atom is -0.507 e. The van der Waals surface area contributed by atoms with Crippen molar-refractivity contribution in [3.8, 4) is 17.0 Å². The van der Waals surface area contributed by atoms with Crippen molar-refractivity contribution in [3.63, 3.8) is 0 Å². The van der Waals surface area contributed by atoms with E-state index in [1.54, 1.807) is 6.07 Å². The first-order valence-electron chi connectivity index (χ1n) is 10.8. The van der Waals surface area contributed by atoms with Gasteiger partial charge in [-0.2, -0.15) is 23.0 Å². The summed E-state index contributed by atoms with van der Waals surface area (Å²) in [5.41, 5.74) is 0.617. The van der Waals surface area contributed by atoms with Crippen LogP contribution in [0.5, 0.6) is 5.75 Å². The number of aromatic hydroxyl groups is 1. The molecule has 1 fully saturated rings. The predicted molar refractivity (Wildman–Crippen MR) is 120 cm³/mol. The number of carbonyl (C=O) groups is 2. The van der Waals surface area contributed by atoms with Crippen molar-refractivity contribution in [2.75, 3.05) is 5.32 Å². The summed E-state index contributed by atoms with van der Waals surface area (Å²) in [6.45, 7) is 3.69. The van der Waals surface area contributed by atoms with Gasteiger partial charge in [-0.15, -0.1) is 0 Å². The number of amides is 2. The molecule has 3 aromatic rings. The first-order chi connectivity index (χ1) is 16.0. The van der Waals surface area contributed by atoms with Gasteiger partial charge in [0.15, 0.2) is 0 Å². The Hall–Kier alpha value is -3.82. The van der Waals surface area contributed by atoms with Crippen LogP contribution in [0.15, 0.2) is 48.5 Å². The Kier molecular flexibility index (Phi) is 6.07. The predicted octanol–water partition coefficient (Wildman–Crippen LogP) is 5.37. The molecule has 178 valence electrons. The Bertz CT molecular complexity index is 1250.